The van der Waals surface area contributed by atoms with E-state index >= 15 is 0 Å². The summed E-state index contributed by atoms with van der Waals surface area (Å²) in [5.74, 6) is 0.134. The Labute approximate surface area is 102 Å². The van der Waals surface area contributed by atoms with Crippen LogP contribution >= 0.6 is 0 Å². The molecule has 3 heteroatoms. The third-order valence-electron chi connectivity index (χ3n) is 2.83. The van der Waals surface area contributed by atoms with Crippen molar-refractivity contribution in [1.29, 1.82) is 5.26 Å². The number of Topliss-reactive ketones (excluding diaryl/α,β-unsaturated/α-hetero) is 1. The van der Waals surface area contributed by atoms with E-state index in [-0.39, 0.29) is 5.78 Å². The first-order valence-corrected chi connectivity index (χ1v) is 5.78. The molecule has 0 saturated carbocycles. The van der Waals surface area contributed by atoms with Crippen LogP contribution in [0.5, 0.6) is 5.75 Å². The molecule has 0 fully saturated rings. The second-order valence-corrected chi connectivity index (χ2v) is 3.83. The van der Waals surface area contributed by atoms with Gasteiger partial charge in [-0.05, 0) is 36.6 Å². The molecule has 90 valence electrons. The molecule has 17 heavy (non-hydrogen) atoms. The highest BCUT2D eigenvalue weighted by Gasteiger charge is 2.18. The third-order valence-corrected chi connectivity index (χ3v) is 2.83. The number of benzene rings is 1. The summed E-state index contributed by atoms with van der Waals surface area (Å²) < 4.78 is 5.21. The van der Waals surface area contributed by atoms with Gasteiger partial charge in [0.05, 0.1) is 13.2 Å². The molecule has 1 rings (SSSR count). The van der Waals surface area contributed by atoms with Gasteiger partial charge in [-0.2, -0.15) is 5.26 Å². The smallest absolute Gasteiger partial charge is 0.179 e. The van der Waals surface area contributed by atoms with Crippen molar-refractivity contribution in [3.05, 3.63) is 29.3 Å². The number of aryl methyl sites for hydroxylation is 1. The Hall–Kier alpha value is -1.82. The Morgan fingerprint density at radius 1 is 1.47 bits per heavy atom. The summed E-state index contributed by atoms with van der Waals surface area (Å²) in [6.45, 7) is 3.85. The molecule has 0 aliphatic heterocycles. The lowest BCUT2D eigenvalue weighted by Crippen LogP contribution is -2.12. The van der Waals surface area contributed by atoms with Crippen molar-refractivity contribution >= 4 is 5.78 Å². The Bertz CT molecular complexity index is 446. The van der Waals surface area contributed by atoms with Gasteiger partial charge < -0.3 is 4.74 Å². The van der Waals surface area contributed by atoms with E-state index in [9.17, 15) is 4.79 Å². The second kappa shape index (κ2) is 6.05. The minimum Gasteiger partial charge on any atom is -0.496 e. The first-order valence-electron chi connectivity index (χ1n) is 5.78. The molecule has 0 aromatic heterocycles. The molecule has 1 unspecified atom stereocenters. The summed E-state index contributed by atoms with van der Waals surface area (Å²) >= 11 is 0. The van der Waals surface area contributed by atoms with Gasteiger partial charge in [0.2, 0.25) is 0 Å². The topological polar surface area (TPSA) is 50.1 Å². The highest BCUT2D eigenvalue weighted by molar-refractivity contribution is 5.99. The van der Waals surface area contributed by atoms with Gasteiger partial charge in [-0.3, -0.25) is 4.79 Å². The van der Waals surface area contributed by atoms with Crippen molar-refractivity contribution in [3.63, 3.8) is 0 Å². The molecule has 0 radical (unpaired) electrons. The first kappa shape index (κ1) is 13.2. The molecule has 0 amide bonds. The normalized spacial score (nSPS) is 11.6. The zero-order valence-corrected chi connectivity index (χ0v) is 10.5. The Morgan fingerprint density at radius 2 is 2.18 bits per heavy atom. The molecule has 0 saturated heterocycles. The maximum absolute atomic E-state index is 12.0. The first-order chi connectivity index (χ1) is 8.17. The second-order valence-electron chi connectivity index (χ2n) is 3.83. The molecule has 1 atom stereocenters. The fourth-order valence-corrected chi connectivity index (χ4v) is 1.74. The van der Waals surface area contributed by atoms with Crippen LogP contribution in [-0.4, -0.2) is 12.9 Å². The van der Waals surface area contributed by atoms with E-state index in [4.69, 9.17) is 10.00 Å². The lowest BCUT2D eigenvalue weighted by atomic mass is 9.95. The maximum Gasteiger partial charge on any atom is 0.179 e. The molecule has 0 bridgehead atoms. The number of nitrogens with zero attached hydrogens (tertiary/aromatic N) is 1. The number of rotatable bonds is 5. The van der Waals surface area contributed by atoms with Gasteiger partial charge in [0.25, 0.3) is 0 Å². The van der Waals surface area contributed by atoms with Gasteiger partial charge in [-0.15, -0.1) is 0 Å². The number of carbonyl (C=O) groups is 1. The fraction of sp³-hybridized carbons (Fsp3) is 0.429. The average molecular weight is 231 g/mol. The summed E-state index contributed by atoms with van der Waals surface area (Å²) in [4.78, 5) is 12.0. The van der Waals surface area contributed by atoms with Crippen LogP contribution in [0.1, 0.15) is 36.2 Å². The SMILES string of the molecule is CCc1cc(C(=O)C(C#N)CC)ccc1OC. The average Bonchev–Trinajstić information content (AvgIpc) is 2.39. The molecule has 0 aliphatic rings. The van der Waals surface area contributed by atoms with E-state index in [1.54, 1.807) is 19.2 Å². The molecule has 1 aromatic carbocycles. The lowest BCUT2D eigenvalue weighted by Gasteiger charge is -2.10. The Balaban J connectivity index is 3.08. The van der Waals surface area contributed by atoms with Crippen molar-refractivity contribution in [3.8, 4) is 11.8 Å². The van der Waals surface area contributed by atoms with Crippen LogP contribution in [0.4, 0.5) is 0 Å². The lowest BCUT2D eigenvalue weighted by molar-refractivity contribution is 0.0946. The number of hydrogen-bond donors (Lipinski definition) is 0. The molecular formula is C14H17NO2. The highest BCUT2D eigenvalue weighted by atomic mass is 16.5. The van der Waals surface area contributed by atoms with Crippen LogP contribution in [0.15, 0.2) is 18.2 Å². The van der Waals surface area contributed by atoms with Gasteiger partial charge in [0.15, 0.2) is 5.78 Å². The van der Waals surface area contributed by atoms with Crippen LogP contribution in [0.3, 0.4) is 0 Å². The minimum atomic E-state index is -0.548. The van der Waals surface area contributed by atoms with E-state index in [1.165, 1.54) is 0 Å². The Kier molecular flexibility index (Phi) is 4.71. The summed E-state index contributed by atoms with van der Waals surface area (Å²) in [6.07, 6.45) is 1.34. The molecule has 0 spiro atoms. The number of methoxy groups -OCH3 is 1. The standard InChI is InChI=1S/C14H17NO2/c1-4-10-8-12(6-7-13(10)17-3)14(16)11(5-2)9-15/h6-8,11H,4-5H2,1-3H3. The van der Waals surface area contributed by atoms with E-state index in [1.807, 2.05) is 26.0 Å². The summed E-state index contributed by atoms with van der Waals surface area (Å²) in [6, 6.07) is 7.37. The molecule has 0 aliphatic carbocycles. The van der Waals surface area contributed by atoms with Crippen molar-refractivity contribution in [2.45, 2.75) is 26.7 Å². The van der Waals surface area contributed by atoms with Crippen LogP contribution < -0.4 is 4.74 Å². The van der Waals surface area contributed by atoms with Crippen LogP contribution in [-0.2, 0) is 6.42 Å². The zero-order chi connectivity index (χ0) is 12.8. The minimum absolute atomic E-state index is 0.104. The summed E-state index contributed by atoms with van der Waals surface area (Å²) in [5.41, 5.74) is 1.59. The monoisotopic (exact) mass is 231 g/mol. The number of ketones is 1. The van der Waals surface area contributed by atoms with Gasteiger partial charge in [0, 0.05) is 5.56 Å². The van der Waals surface area contributed by atoms with Gasteiger partial charge in [0.1, 0.15) is 11.7 Å². The van der Waals surface area contributed by atoms with Crippen LogP contribution in [0.2, 0.25) is 0 Å². The van der Waals surface area contributed by atoms with Gasteiger partial charge >= 0.3 is 0 Å². The van der Waals surface area contributed by atoms with Crippen molar-refractivity contribution < 1.29 is 9.53 Å². The van der Waals surface area contributed by atoms with Gasteiger partial charge in [-0.1, -0.05) is 13.8 Å². The molecule has 1 aromatic rings. The Morgan fingerprint density at radius 3 is 2.65 bits per heavy atom. The van der Waals surface area contributed by atoms with E-state index in [0.717, 1.165) is 17.7 Å². The molecule has 0 heterocycles. The van der Waals surface area contributed by atoms with E-state index < -0.39 is 5.92 Å². The number of hydrogen-bond acceptors (Lipinski definition) is 3. The van der Waals surface area contributed by atoms with Crippen molar-refractivity contribution in [2.24, 2.45) is 5.92 Å². The predicted molar refractivity (Wildman–Crippen MR) is 66.1 cm³/mol. The summed E-state index contributed by atoms with van der Waals surface area (Å²) in [7, 11) is 1.61. The quantitative estimate of drug-likeness (QED) is 0.732. The number of nitriles is 1. The zero-order valence-electron chi connectivity index (χ0n) is 10.5. The predicted octanol–water partition coefficient (Wildman–Crippen LogP) is 2.99. The van der Waals surface area contributed by atoms with E-state index in [2.05, 4.69) is 0 Å². The number of ether oxygens (including phenoxy) is 1. The molecule has 0 N–H and O–H groups in total. The molecule has 3 nitrogen and oxygen atoms in total. The summed E-state index contributed by atoms with van der Waals surface area (Å²) in [5, 5.41) is 8.89. The maximum atomic E-state index is 12.0. The number of carbonyl (C=O) groups excluding carboxylic acids is 1. The largest absolute Gasteiger partial charge is 0.496 e. The fourth-order valence-electron chi connectivity index (χ4n) is 1.74. The van der Waals surface area contributed by atoms with E-state index in [0.29, 0.717) is 12.0 Å². The highest BCUT2D eigenvalue weighted by Crippen LogP contribution is 2.22. The van der Waals surface area contributed by atoms with Crippen molar-refractivity contribution in [2.75, 3.05) is 7.11 Å². The van der Waals surface area contributed by atoms with Crippen molar-refractivity contribution in [1.82, 2.24) is 0 Å². The van der Waals surface area contributed by atoms with Crippen LogP contribution in [0, 0.1) is 17.2 Å². The molecular weight excluding hydrogens is 214 g/mol. The van der Waals surface area contributed by atoms with Gasteiger partial charge in [-0.25, -0.2) is 0 Å². The van der Waals surface area contributed by atoms with Crippen LogP contribution in [0.25, 0.3) is 0 Å². The third kappa shape index (κ3) is 2.85.